The molecular weight excluding hydrogens is 449 g/mol. The number of aryl methyl sites for hydroxylation is 1. The van der Waals surface area contributed by atoms with Crippen molar-refractivity contribution in [2.75, 3.05) is 13.1 Å². The molecule has 2 aromatic heterocycles. The van der Waals surface area contributed by atoms with Crippen LogP contribution in [0.1, 0.15) is 46.3 Å². The topological polar surface area (TPSA) is 69.4 Å². The number of nitrogens with zero attached hydrogens (tertiary/aromatic N) is 4. The molecule has 1 amide bonds. The molecule has 7 nitrogen and oxygen atoms in total. The molecule has 0 unspecified atom stereocenters. The van der Waals surface area contributed by atoms with Crippen molar-refractivity contribution in [2.45, 2.75) is 44.7 Å². The molecule has 5 rings (SSSR count). The molecule has 0 bridgehead atoms. The van der Waals surface area contributed by atoms with E-state index in [9.17, 15) is 22.8 Å². The standard InChI is InChI=1S/C24H23F3N4O3/c1-15-12-30(14-28-15)19-7-8-20-22(32)29(10-11-31(20)23(19)33)13-16-6-9-21(34-16)17-4-2-3-5-18(17)24(25,26)27/h2-5,7-8,12,14,16,21H,6,9-11,13H2,1H3/t16-,21+/m0/s1. The largest absolute Gasteiger partial charge is 0.416 e. The zero-order valence-corrected chi connectivity index (χ0v) is 18.5. The van der Waals surface area contributed by atoms with Crippen LogP contribution in [0.15, 0.2) is 53.7 Å². The number of hydrogen-bond acceptors (Lipinski definition) is 4. The molecule has 10 heteroatoms. The lowest BCUT2D eigenvalue weighted by Gasteiger charge is -2.31. The predicted octanol–water partition coefficient (Wildman–Crippen LogP) is 3.74. The van der Waals surface area contributed by atoms with Crippen molar-refractivity contribution in [3.63, 3.8) is 0 Å². The number of aromatic nitrogens is 3. The number of hydrogen-bond donors (Lipinski definition) is 0. The van der Waals surface area contributed by atoms with Crippen LogP contribution in [-0.4, -0.2) is 44.1 Å². The third kappa shape index (κ3) is 4.02. The molecule has 4 heterocycles. The summed E-state index contributed by atoms with van der Waals surface area (Å²) in [6.45, 7) is 2.74. The summed E-state index contributed by atoms with van der Waals surface area (Å²) >= 11 is 0. The number of imidazole rings is 1. The van der Waals surface area contributed by atoms with Gasteiger partial charge in [0.1, 0.15) is 11.4 Å². The second-order valence-corrected chi connectivity index (χ2v) is 8.64. The van der Waals surface area contributed by atoms with Crippen LogP contribution < -0.4 is 5.56 Å². The van der Waals surface area contributed by atoms with Gasteiger partial charge in [-0.2, -0.15) is 13.2 Å². The van der Waals surface area contributed by atoms with Crippen LogP contribution >= 0.6 is 0 Å². The van der Waals surface area contributed by atoms with Crippen LogP contribution in [0.5, 0.6) is 0 Å². The second kappa shape index (κ2) is 8.43. The van der Waals surface area contributed by atoms with Crippen molar-refractivity contribution in [2.24, 2.45) is 0 Å². The van der Waals surface area contributed by atoms with Gasteiger partial charge in [0.05, 0.1) is 29.8 Å². The number of carbonyl (C=O) groups is 1. The summed E-state index contributed by atoms with van der Waals surface area (Å²) in [5.74, 6) is -0.292. The summed E-state index contributed by atoms with van der Waals surface area (Å²) in [7, 11) is 0. The normalized spacial score (nSPS) is 20.6. The molecule has 0 saturated carbocycles. The fourth-order valence-corrected chi connectivity index (χ4v) is 4.73. The number of halogens is 3. The summed E-state index contributed by atoms with van der Waals surface area (Å²) in [6, 6.07) is 8.68. The van der Waals surface area contributed by atoms with Gasteiger partial charge in [0.25, 0.3) is 11.5 Å². The molecule has 1 aromatic carbocycles. The van der Waals surface area contributed by atoms with E-state index in [1.54, 1.807) is 40.2 Å². The first-order valence-corrected chi connectivity index (χ1v) is 11.1. The van der Waals surface area contributed by atoms with Crippen molar-refractivity contribution < 1.29 is 22.7 Å². The summed E-state index contributed by atoms with van der Waals surface area (Å²) in [4.78, 5) is 31.8. The molecule has 3 aromatic rings. The lowest BCUT2D eigenvalue weighted by atomic mass is 10.00. The van der Waals surface area contributed by atoms with Crippen LogP contribution in [-0.2, 0) is 17.5 Å². The molecule has 0 N–H and O–H groups in total. The Balaban J connectivity index is 1.31. The molecule has 0 spiro atoms. The molecule has 2 atom stereocenters. The summed E-state index contributed by atoms with van der Waals surface area (Å²) < 4.78 is 49.2. The highest BCUT2D eigenvalue weighted by Gasteiger charge is 2.38. The minimum atomic E-state index is -4.45. The van der Waals surface area contributed by atoms with Gasteiger partial charge in [0, 0.05) is 25.8 Å². The van der Waals surface area contributed by atoms with E-state index in [0.717, 1.165) is 11.8 Å². The highest BCUT2D eigenvalue weighted by Crippen LogP contribution is 2.40. The average Bonchev–Trinajstić information content (AvgIpc) is 3.45. The number of fused-ring (bicyclic) bond motifs is 1. The Labute approximate surface area is 193 Å². The summed E-state index contributed by atoms with van der Waals surface area (Å²) in [5.41, 5.74) is 0.638. The molecule has 34 heavy (non-hydrogen) atoms. The van der Waals surface area contributed by atoms with Gasteiger partial charge in [-0.15, -0.1) is 0 Å². The highest BCUT2D eigenvalue weighted by atomic mass is 19.4. The maximum atomic E-state index is 13.4. The quantitative estimate of drug-likeness (QED) is 0.580. The van der Waals surface area contributed by atoms with Crippen molar-refractivity contribution in [3.05, 3.63) is 81.8 Å². The Morgan fingerprint density at radius 2 is 1.88 bits per heavy atom. The maximum absolute atomic E-state index is 13.4. The van der Waals surface area contributed by atoms with E-state index in [-0.39, 0.29) is 35.4 Å². The lowest BCUT2D eigenvalue weighted by molar-refractivity contribution is -0.139. The number of ether oxygens (including phenoxy) is 1. The van der Waals surface area contributed by atoms with Crippen molar-refractivity contribution in [3.8, 4) is 5.69 Å². The summed E-state index contributed by atoms with van der Waals surface area (Å²) in [6.07, 6.45) is -1.20. The number of carbonyl (C=O) groups excluding carboxylic acids is 1. The van der Waals surface area contributed by atoms with E-state index in [1.807, 2.05) is 6.92 Å². The average molecular weight is 472 g/mol. The van der Waals surface area contributed by atoms with Gasteiger partial charge in [-0.1, -0.05) is 18.2 Å². The van der Waals surface area contributed by atoms with Crippen LogP contribution in [0.4, 0.5) is 13.2 Å². The minimum absolute atomic E-state index is 0.127. The zero-order chi connectivity index (χ0) is 24.0. The first-order chi connectivity index (χ1) is 16.2. The smallest absolute Gasteiger partial charge is 0.368 e. The Kier molecular flexibility index (Phi) is 5.55. The van der Waals surface area contributed by atoms with Crippen LogP contribution in [0.25, 0.3) is 5.69 Å². The molecule has 2 aliphatic rings. The zero-order valence-electron chi connectivity index (χ0n) is 18.5. The number of amides is 1. The van der Waals surface area contributed by atoms with E-state index < -0.39 is 17.8 Å². The molecule has 1 saturated heterocycles. The number of benzene rings is 1. The minimum Gasteiger partial charge on any atom is -0.368 e. The van der Waals surface area contributed by atoms with Gasteiger partial charge in [0.2, 0.25) is 0 Å². The van der Waals surface area contributed by atoms with E-state index >= 15 is 0 Å². The van der Waals surface area contributed by atoms with Gasteiger partial charge in [0.15, 0.2) is 0 Å². The fourth-order valence-electron chi connectivity index (χ4n) is 4.73. The van der Waals surface area contributed by atoms with Crippen molar-refractivity contribution >= 4 is 5.91 Å². The predicted molar refractivity (Wildman–Crippen MR) is 117 cm³/mol. The Morgan fingerprint density at radius 3 is 2.62 bits per heavy atom. The van der Waals surface area contributed by atoms with E-state index in [0.29, 0.717) is 31.6 Å². The SMILES string of the molecule is Cc1cn(-c2ccc3n(c2=O)CCN(C[C@@H]2CC[C@H](c4ccccc4C(F)(F)F)O2)C3=O)cn1. The van der Waals surface area contributed by atoms with Gasteiger partial charge < -0.3 is 18.8 Å². The molecule has 178 valence electrons. The molecule has 0 radical (unpaired) electrons. The molecule has 2 aliphatic heterocycles. The first kappa shape index (κ1) is 22.4. The Hall–Kier alpha value is -3.40. The maximum Gasteiger partial charge on any atom is 0.416 e. The van der Waals surface area contributed by atoms with Crippen LogP contribution in [0, 0.1) is 6.92 Å². The van der Waals surface area contributed by atoms with Gasteiger partial charge in [-0.05, 0) is 43.5 Å². The number of alkyl halides is 3. The first-order valence-electron chi connectivity index (χ1n) is 11.1. The molecule has 1 fully saturated rings. The van der Waals surface area contributed by atoms with Crippen LogP contribution in [0.3, 0.4) is 0 Å². The van der Waals surface area contributed by atoms with E-state index in [2.05, 4.69) is 4.98 Å². The van der Waals surface area contributed by atoms with Gasteiger partial charge >= 0.3 is 6.18 Å². The van der Waals surface area contributed by atoms with E-state index in [1.165, 1.54) is 16.7 Å². The molecular formula is C24H23F3N4O3. The summed E-state index contributed by atoms with van der Waals surface area (Å²) in [5, 5.41) is 0. The van der Waals surface area contributed by atoms with Crippen molar-refractivity contribution in [1.82, 2.24) is 19.0 Å². The second-order valence-electron chi connectivity index (χ2n) is 8.64. The monoisotopic (exact) mass is 472 g/mol. The van der Waals surface area contributed by atoms with Gasteiger partial charge in [-0.25, -0.2) is 4.98 Å². The Morgan fingerprint density at radius 1 is 1.09 bits per heavy atom. The fraction of sp³-hybridized carbons (Fsp3) is 0.375. The molecule has 0 aliphatic carbocycles. The van der Waals surface area contributed by atoms with Crippen molar-refractivity contribution in [1.29, 1.82) is 0 Å². The number of pyridine rings is 1. The lowest BCUT2D eigenvalue weighted by Crippen LogP contribution is -2.47. The highest BCUT2D eigenvalue weighted by molar-refractivity contribution is 5.93. The van der Waals surface area contributed by atoms with Crippen LogP contribution in [0.2, 0.25) is 0 Å². The number of rotatable bonds is 4. The Bertz CT molecular complexity index is 1300. The van der Waals surface area contributed by atoms with E-state index in [4.69, 9.17) is 4.74 Å². The van der Waals surface area contributed by atoms with Gasteiger partial charge in [-0.3, -0.25) is 9.59 Å². The third-order valence-corrected chi connectivity index (χ3v) is 6.39. The third-order valence-electron chi connectivity index (χ3n) is 6.39.